The summed E-state index contributed by atoms with van der Waals surface area (Å²) in [5, 5.41) is 22.8. The third kappa shape index (κ3) is 18.6. The molecule has 2 aromatic carbocycles. The van der Waals surface area contributed by atoms with E-state index in [0.717, 1.165) is 0 Å². The zero-order chi connectivity index (χ0) is 31.2. The van der Waals surface area contributed by atoms with Crippen LogP contribution < -0.4 is 88.3 Å². The van der Waals surface area contributed by atoms with Gasteiger partial charge in [-0.1, -0.05) is 0 Å². The van der Waals surface area contributed by atoms with Gasteiger partial charge >= 0.3 is 59.1 Å². The smallest absolute Gasteiger partial charge is 0.545 e. The van der Waals surface area contributed by atoms with Crippen molar-refractivity contribution in [3.8, 4) is 23.0 Å². The molecule has 0 radical (unpaired) electrons. The number of rotatable bonds is 2. The average molecular weight is 669 g/mol. The van der Waals surface area contributed by atoms with E-state index in [2.05, 4.69) is 0 Å². The van der Waals surface area contributed by atoms with Crippen LogP contribution in [-0.2, 0) is 28.4 Å². The van der Waals surface area contributed by atoms with Crippen molar-refractivity contribution in [1.82, 2.24) is 0 Å². The first-order valence-electron chi connectivity index (χ1n) is 14.2. The number of carboxylic acid groups (broad SMARTS) is 2. The molecule has 2 aromatic rings. The van der Waals surface area contributed by atoms with Gasteiger partial charge in [0.05, 0.1) is 91.2 Å². The van der Waals surface area contributed by atoms with E-state index in [1.807, 2.05) is 0 Å². The van der Waals surface area contributed by atoms with Gasteiger partial charge in [0.2, 0.25) is 0 Å². The largest absolute Gasteiger partial charge is 1.00 e. The molecule has 0 aromatic heterocycles. The molecule has 0 saturated heterocycles. The van der Waals surface area contributed by atoms with Crippen molar-refractivity contribution in [3.63, 3.8) is 0 Å². The molecule has 4 bridgehead atoms. The monoisotopic (exact) mass is 668 g/mol. The summed E-state index contributed by atoms with van der Waals surface area (Å²) in [4.78, 5) is 22.8. The van der Waals surface area contributed by atoms with Crippen molar-refractivity contribution in [2.45, 2.75) is 0 Å². The van der Waals surface area contributed by atoms with Crippen LogP contribution in [-0.4, -0.2) is 118 Å². The van der Waals surface area contributed by atoms with E-state index in [1.54, 1.807) is 12.1 Å². The maximum atomic E-state index is 11.4. The molecule has 1 heterocycles. The quantitative estimate of drug-likeness (QED) is 0.277. The molecule has 0 fully saturated rings. The number of carbonyl (C=O) groups is 2. The maximum absolute atomic E-state index is 11.4. The van der Waals surface area contributed by atoms with Crippen LogP contribution in [0.2, 0.25) is 0 Å². The van der Waals surface area contributed by atoms with Gasteiger partial charge in [0.1, 0.15) is 49.4 Å². The summed E-state index contributed by atoms with van der Waals surface area (Å²) in [7, 11) is 0. The zero-order valence-corrected chi connectivity index (χ0v) is 30.5. The zero-order valence-electron chi connectivity index (χ0n) is 26.5. The van der Waals surface area contributed by atoms with Gasteiger partial charge in [-0.05, 0) is 24.3 Å². The summed E-state index contributed by atoms with van der Waals surface area (Å²) in [5.74, 6) is -1.46. The normalized spacial score (nSPS) is 17.2. The average Bonchev–Trinajstić information content (AvgIpc) is 3.01. The van der Waals surface area contributed by atoms with Crippen molar-refractivity contribution in [1.29, 1.82) is 0 Å². The Kier molecular flexibility index (Phi) is 24.2. The van der Waals surface area contributed by atoms with Gasteiger partial charge < -0.3 is 67.2 Å². The Labute approximate surface area is 312 Å². The predicted molar refractivity (Wildman–Crippen MR) is 148 cm³/mol. The Morgan fingerprint density at radius 1 is 0.370 bits per heavy atom. The molecule has 14 nitrogen and oxygen atoms in total. The van der Waals surface area contributed by atoms with Gasteiger partial charge in [-0.25, -0.2) is 0 Å². The van der Waals surface area contributed by atoms with E-state index in [-0.39, 0.29) is 123 Å². The number of aromatic carboxylic acids is 2. The standard InChI is InChI=1S/C30H40O14.2Na/c31-29(32)23-17-25-21-26(18-23)43-15-11-39-7-3-36-4-8-40-12-16-44-28-20-24(30(33)34)19-27(22-28)42-14-10-38-6-2-35-1-5-37-9-13-41-25;;/h17-22H,1-16H2,(H,31,32)(H,33,34);;/q;2*+1/p-2. The summed E-state index contributed by atoms with van der Waals surface area (Å²) in [5.41, 5.74) is -0.140. The Morgan fingerprint density at radius 3 is 0.761 bits per heavy atom. The van der Waals surface area contributed by atoms with Crippen molar-refractivity contribution < 1.29 is 126 Å². The van der Waals surface area contributed by atoms with E-state index in [9.17, 15) is 19.8 Å². The fourth-order valence-electron chi connectivity index (χ4n) is 3.67. The molecular formula is C30H38Na2O14. The van der Waals surface area contributed by atoms with Gasteiger partial charge in [-0.15, -0.1) is 0 Å². The van der Waals surface area contributed by atoms with Crippen molar-refractivity contribution in [3.05, 3.63) is 47.5 Å². The van der Waals surface area contributed by atoms with Gasteiger partial charge in [-0.2, -0.15) is 0 Å². The number of ether oxygens (including phenoxy) is 10. The predicted octanol–water partition coefficient (Wildman–Crippen LogP) is -6.25. The first-order valence-corrected chi connectivity index (χ1v) is 14.2. The molecular weight excluding hydrogens is 630 g/mol. The van der Waals surface area contributed by atoms with Crippen LogP contribution in [0.1, 0.15) is 20.7 Å². The second kappa shape index (κ2) is 26.3. The summed E-state index contributed by atoms with van der Waals surface area (Å²) >= 11 is 0. The number of carbonyl (C=O) groups excluding carboxylic acids is 2. The first kappa shape index (κ1) is 42.4. The minimum atomic E-state index is -1.35. The number of hydrogen-bond acceptors (Lipinski definition) is 14. The third-order valence-electron chi connectivity index (χ3n) is 5.71. The SMILES string of the molecule is O=C([O-])c1cc2cc(c1)OCCOCCOCCOCCOc1cc(cc(C(=O)[O-])c1)OCCOCCOCCOCCO2.[Na+].[Na+]. The molecule has 46 heavy (non-hydrogen) atoms. The van der Waals surface area contributed by atoms with E-state index in [4.69, 9.17) is 47.4 Å². The van der Waals surface area contributed by atoms with Crippen molar-refractivity contribution in [2.24, 2.45) is 0 Å². The number of fused-ring (bicyclic) bond motifs is 4. The van der Waals surface area contributed by atoms with Gasteiger partial charge in [-0.3, -0.25) is 0 Å². The van der Waals surface area contributed by atoms with Crippen LogP contribution in [0.5, 0.6) is 23.0 Å². The molecule has 1 aliphatic heterocycles. The fraction of sp³-hybridized carbons (Fsp3) is 0.533. The fourth-order valence-corrected chi connectivity index (χ4v) is 3.67. The van der Waals surface area contributed by atoms with E-state index >= 15 is 0 Å². The van der Waals surface area contributed by atoms with Crippen LogP contribution >= 0.6 is 0 Å². The van der Waals surface area contributed by atoms with Gasteiger partial charge in [0, 0.05) is 23.3 Å². The molecule has 0 N–H and O–H groups in total. The summed E-state index contributed by atoms with van der Waals surface area (Å²) in [6.07, 6.45) is 0. The van der Waals surface area contributed by atoms with E-state index < -0.39 is 11.9 Å². The minimum Gasteiger partial charge on any atom is -0.545 e. The molecule has 0 unspecified atom stereocenters. The summed E-state index contributed by atoms with van der Waals surface area (Å²) in [6.45, 7) is 4.48. The molecule has 0 atom stereocenters. The number of carboxylic acids is 2. The topological polar surface area (TPSA) is 173 Å². The van der Waals surface area contributed by atoms with Crippen molar-refractivity contribution >= 4 is 11.9 Å². The van der Waals surface area contributed by atoms with Crippen LogP contribution in [0.3, 0.4) is 0 Å². The third-order valence-corrected chi connectivity index (χ3v) is 5.71. The molecule has 0 aliphatic carbocycles. The van der Waals surface area contributed by atoms with Crippen LogP contribution in [0.15, 0.2) is 36.4 Å². The number of hydrogen-bond donors (Lipinski definition) is 0. The molecule has 244 valence electrons. The molecule has 0 saturated carbocycles. The van der Waals surface area contributed by atoms with Gasteiger partial charge in [0.25, 0.3) is 0 Å². The second-order valence-corrected chi connectivity index (χ2v) is 9.03. The summed E-state index contributed by atoms with van der Waals surface area (Å²) in [6, 6.07) is 8.59. The minimum absolute atomic E-state index is 0. The Morgan fingerprint density at radius 2 is 0.565 bits per heavy atom. The first-order chi connectivity index (χ1) is 21.5. The molecule has 3 rings (SSSR count). The summed E-state index contributed by atoms with van der Waals surface area (Å²) < 4.78 is 55.3. The van der Waals surface area contributed by atoms with Crippen molar-refractivity contribution in [2.75, 3.05) is 106 Å². The number of benzene rings is 2. The molecule has 1 aliphatic rings. The maximum Gasteiger partial charge on any atom is 1.00 e. The van der Waals surface area contributed by atoms with Crippen LogP contribution in [0.4, 0.5) is 0 Å². The molecule has 0 spiro atoms. The van der Waals surface area contributed by atoms with E-state index in [0.29, 0.717) is 75.9 Å². The van der Waals surface area contributed by atoms with Crippen LogP contribution in [0.25, 0.3) is 0 Å². The van der Waals surface area contributed by atoms with Crippen LogP contribution in [0, 0.1) is 0 Å². The Hall–Kier alpha value is -1.66. The Balaban J connectivity index is 0.00000529. The van der Waals surface area contributed by atoms with Gasteiger partial charge in [0.15, 0.2) is 0 Å². The second-order valence-electron chi connectivity index (χ2n) is 9.03. The molecule has 16 heteroatoms. The molecule has 0 amide bonds. The Bertz CT molecular complexity index is 985. The van der Waals surface area contributed by atoms with E-state index in [1.165, 1.54) is 24.3 Å².